The van der Waals surface area contributed by atoms with Gasteiger partial charge < -0.3 is 10.6 Å². The molecule has 0 amide bonds. The molecule has 4 nitrogen and oxygen atoms in total. The molecule has 0 saturated heterocycles. The number of nitrogens with two attached hydrogens (primary N) is 1. The zero-order valence-corrected chi connectivity index (χ0v) is 12.2. The topological polar surface area (TPSA) is 63.4 Å². The van der Waals surface area contributed by atoms with Gasteiger partial charge in [0.05, 0.1) is 10.6 Å². The highest BCUT2D eigenvalue weighted by atomic mass is 32.2. The summed E-state index contributed by atoms with van der Waals surface area (Å²) >= 11 is 0. The fraction of sp³-hybridized carbons (Fsp3) is 0.571. The first kappa shape index (κ1) is 14.3. The highest BCUT2D eigenvalue weighted by Crippen LogP contribution is 2.29. The van der Waals surface area contributed by atoms with Gasteiger partial charge in [-0.05, 0) is 43.5 Å². The van der Waals surface area contributed by atoms with Gasteiger partial charge in [0.1, 0.15) is 0 Å². The number of rotatable bonds is 6. The van der Waals surface area contributed by atoms with Crippen LogP contribution >= 0.6 is 0 Å². The molecule has 106 valence electrons. The first-order valence-corrected chi connectivity index (χ1v) is 8.53. The van der Waals surface area contributed by atoms with Gasteiger partial charge in [-0.25, -0.2) is 8.42 Å². The predicted molar refractivity (Wildman–Crippen MR) is 78.2 cm³/mol. The van der Waals surface area contributed by atoms with Gasteiger partial charge >= 0.3 is 0 Å². The molecule has 0 heterocycles. The van der Waals surface area contributed by atoms with Crippen LogP contribution in [0.3, 0.4) is 0 Å². The number of hydrogen-bond donors (Lipinski definition) is 1. The van der Waals surface area contributed by atoms with E-state index in [1.165, 1.54) is 19.3 Å². The van der Waals surface area contributed by atoms with Crippen LogP contribution in [0.2, 0.25) is 0 Å². The van der Waals surface area contributed by atoms with E-state index in [2.05, 4.69) is 4.90 Å². The summed E-state index contributed by atoms with van der Waals surface area (Å²) in [5.74, 6) is 0.140. The number of anilines is 1. The lowest BCUT2D eigenvalue weighted by Gasteiger charge is -2.39. The van der Waals surface area contributed by atoms with E-state index in [9.17, 15) is 8.42 Å². The van der Waals surface area contributed by atoms with Crippen molar-refractivity contribution in [3.63, 3.8) is 0 Å². The van der Waals surface area contributed by atoms with E-state index in [4.69, 9.17) is 5.73 Å². The Hall–Kier alpha value is -1.07. The van der Waals surface area contributed by atoms with E-state index in [1.54, 1.807) is 19.1 Å². The molecule has 0 bridgehead atoms. The molecule has 1 fully saturated rings. The van der Waals surface area contributed by atoms with Gasteiger partial charge in [-0.2, -0.15) is 0 Å². The number of nitrogens with zero attached hydrogens (tertiary/aromatic N) is 1. The van der Waals surface area contributed by atoms with Crippen LogP contribution in [-0.4, -0.2) is 33.3 Å². The molecular weight excluding hydrogens is 260 g/mol. The Morgan fingerprint density at radius 1 is 1.26 bits per heavy atom. The average Bonchev–Trinajstić information content (AvgIpc) is 2.36. The van der Waals surface area contributed by atoms with Gasteiger partial charge in [-0.1, -0.05) is 6.92 Å². The van der Waals surface area contributed by atoms with Gasteiger partial charge in [0.15, 0.2) is 9.84 Å². The zero-order chi connectivity index (χ0) is 13.9. The maximum absolute atomic E-state index is 11.8. The molecule has 0 radical (unpaired) electrons. The lowest BCUT2D eigenvalue weighted by molar-refractivity contribution is 0.388. The SMILES string of the molecule is CCS(=O)(=O)c1ccc(N(CCN)C2CCC2)cc1. The van der Waals surface area contributed by atoms with Crippen LogP contribution in [0.4, 0.5) is 5.69 Å². The summed E-state index contributed by atoms with van der Waals surface area (Å²) in [6, 6.07) is 7.77. The summed E-state index contributed by atoms with van der Waals surface area (Å²) in [6.07, 6.45) is 3.68. The monoisotopic (exact) mass is 282 g/mol. The first-order valence-electron chi connectivity index (χ1n) is 6.88. The minimum atomic E-state index is -3.11. The van der Waals surface area contributed by atoms with Crippen molar-refractivity contribution in [1.82, 2.24) is 0 Å². The minimum Gasteiger partial charge on any atom is -0.367 e. The van der Waals surface area contributed by atoms with Crippen molar-refractivity contribution in [3.8, 4) is 0 Å². The second kappa shape index (κ2) is 5.92. The number of benzene rings is 1. The Morgan fingerprint density at radius 3 is 2.32 bits per heavy atom. The van der Waals surface area contributed by atoms with Gasteiger partial charge in [-0.15, -0.1) is 0 Å². The van der Waals surface area contributed by atoms with Crippen LogP contribution in [-0.2, 0) is 9.84 Å². The van der Waals surface area contributed by atoms with Crippen molar-refractivity contribution in [2.24, 2.45) is 5.73 Å². The molecule has 19 heavy (non-hydrogen) atoms. The minimum absolute atomic E-state index is 0.140. The van der Waals surface area contributed by atoms with Gasteiger partial charge in [-0.3, -0.25) is 0 Å². The lowest BCUT2D eigenvalue weighted by Crippen LogP contribution is -2.43. The van der Waals surface area contributed by atoms with E-state index in [-0.39, 0.29) is 5.75 Å². The quantitative estimate of drug-likeness (QED) is 0.864. The Bertz CT molecular complexity index is 507. The van der Waals surface area contributed by atoms with Gasteiger partial charge in [0, 0.05) is 24.8 Å². The van der Waals surface area contributed by atoms with Crippen LogP contribution in [0.15, 0.2) is 29.2 Å². The maximum Gasteiger partial charge on any atom is 0.178 e. The summed E-state index contributed by atoms with van der Waals surface area (Å²) in [6.45, 7) is 3.11. The zero-order valence-electron chi connectivity index (χ0n) is 11.4. The summed E-state index contributed by atoms with van der Waals surface area (Å²) in [4.78, 5) is 2.70. The van der Waals surface area contributed by atoms with Crippen molar-refractivity contribution < 1.29 is 8.42 Å². The highest BCUT2D eigenvalue weighted by Gasteiger charge is 2.24. The summed E-state index contributed by atoms with van der Waals surface area (Å²) in [7, 11) is -3.11. The molecule has 1 aromatic carbocycles. The summed E-state index contributed by atoms with van der Waals surface area (Å²) in [5, 5.41) is 0. The Kier molecular flexibility index (Phi) is 4.47. The smallest absolute Gasteiger partial charge is 0.178 e. The van der Waals surface area contributed by atoms with E-state index in [0.29, 0.717) is 17.5 Å². The molecule has 5 heteroatoms. The van der Waals surface area contributed by atoms with Crippen molar-refractivity contribution in [3.05, 3.63) is 24.3 Å². The molecule has 2 rings (SSSR count). The summed E-state index contributed by atoms with van der Waals surface area (Å²) in [5.41, 5.74) is 6.74. The molecule has 1 aromatic rings. The van der Waals surface area contributed by atoms with Crippen molar-refractivity contribution in [2.45, 2.75) is 37.1 Å². The molecule has 1 aliphatic rings. The molecule has 0 atom stereocenters. The third-order valence-corrected chi connectivity index (χ3v) is 5.54. The molecule has 0 aromatic heterocycles. The fourth-order valence-electron chi connectivity index (χ4n) is 2.37. The van der Waals surface area contributed by atoms with Crippen LogP contribution in [0, 0.1) is 0 Å². The van der Waals surface area contributed by atoms with Crippen LogP contribution in [0.5, 0.6) is 0 Å². The molecule has 1 aliphatic carbocycles. The largest absolute Gasteiger partial charge is 0.367 e. The Morgan fingerprint density at radius 2 is 1.89 bits per heavy atom. The molecule has 0 spiro atoms. The van der Waals surface area contributed by atoms with E-state index < -0.39 is 9.84 Å². The Balaban J connectivity index is 2.20. The maximum atomic E-state index is 11.8. The molecule has 1 saturated carbocycles. The third-order valence-electron chi connectivity index (χ3n) is 3.79. The van der Waals surface area contributed by atoms with Crippen LogP contribution in [0.1, 0.15) is 26.2 Å². The Labute approximate surface area is 115 Å². The molecule has 0 unspecified atom stereocenters. The van der Waals surface area contributed by atoms with Crippen molar-refractivity contribution >= 4 is 15.5 Å². The second-order valence-corrected chi connectivity index (χ2v) is 7.24. The van der Waals surface area contributed by atoms with Crippen molar-refractivity contribution in [2.75, 3.05) is 23.7 Å². The molecule has 0 aliphatic heterocycles. The second-order valence-electron chi connectivity index (χ2n) is 4.96. The first-order chi connectivity index (χ1) is 9.08. The highest BCUT2D eigenvalue weighted by molar-refractivity contribution is 7.91. The van der Waals surface area contributed by atoms with Crippen molar-refractivity contribution in [1.29, 1.82) is 0 Å². The lowest BCUT2D eigenvalue weighted by atomic mass is 9.91. The summed E-state index contributed by atoms with van der Waals surface area (Å²) < 4.78 is 23.6. The number of hydrogen-bond acceptors (Lipinski definition) is 4. The standard InChI is InChI=1S/C14H22N2O2S/c1-2-19(17,18)14-8-6-13(7-9-14)16(11-10-15)12-4-3-5-12/h6-9,12H,2-5,10-11,15H2,1H3. The predicted octanol–water partition coefficient (Wildman–Crippen LogP) is 1.80. The van der Waals surface area contributed by atoms with Gasteiger partial charge in [0.2, 0.25) is 0 Å². The molecular formula is C14H22N2O2S. The van der Waals surface area contributed by atoms with Gasteiger partial charge in [0.25, 0.3) is 0 Å². The third kappa shape index (κ3) is 3.09. The van der Waals surface area contributed by atoms with Crippen LogP contribution < -0.4 is 10.6 Å². The van der Waals surface area contributed by atoms with Crippen LogP contribution in [0.25, 0.3) is 0 Å². The molecule has 2 N–H and O–H groups in total. The fourth-order valence-corrected chi connectivity index (χ4v) is 3.26. The van der Waals surface area contributed by atoms with E-state index in [0.717, 1.165) is 12.2 Å². The average molecular weight is 282 g/mol. The normalized spacial score (nSPS) is 16.1. The van der Waals surface area contributed by atoms with E-state index in [1.807, 2.05) is 12.1 Å². The number of sulfone groups is 1. The van der Waals surface area contributed by atoms with E-state index >= 15 is 0 Å².